The summed E-state index contributed by atoms with van der Waals surface area (Å²) in [4.78, 5) is 13.3. The largest absolute Gasteiger partial charge is 0.493 e. The van der Waals surface area contributed by atoms with Crippen molar-refractivity contribution >= 4 is 23.4 Å². The van der Waals surface area contributed by atoms with E-state index >= 15 is 0 Å². The Morgan fingerprint density at radius 2 is 1.73 bits per heavy atom. The first kappa shape index (κ1) is 16.2. The van der Waals surface area contributed by atoms with E-state index in [0.29, 0.717) is 11.5 Å². The fraction of sp³-hybridized carbons (Fsp3) is 0.235. The van der Waals surface area contributed by atoms with Crippen molar-refractivity contribution in [1.29, 1.82) is 0 Å². The van der Waals surface area contributed by atoms with Crippen LogP contribution < -0.4 is 14.8 Å². The number of carbonyl (C=O) groups excluding carboxylic acids is 1. The van der Waals surface area contributed by atoms with Gasteiger partial charge < -0.3 is 14.8 Å². The second-order valence-electron chi connectivity index (χ2n) is 4.60. The minimum atomic E-state index is -0.633. The maximum absolute atomic E-state index is 12.3. The van der Waals surface area contributed by atoms with Crippen LogP contribution in [0.3, 0.4) is 0 Å². The van der Waals surface area contributed by atoms with Crippen LogP contribution in [0.1, 0.15) is 6.92 Å². The van der Waals surface area contributed by atoms with Gasteiger partial charge in [-0.1, -0.05) is 24.3 Å². The van der Waals surface area contributed by atoms with E-state index in [9.17, 15) is 4.79 Å². The van der Waals surface area contributed by atoms with Gasteiger partial charge in [-0.15, -0.1) is 11.8 Å². The first-order valence-corrected chi connectivity index (χ1v) is 8.11. The number of hydrogen-bond acceptors (Lipinski definition) is 4. The van der Waals surface area contributed by atoms with Crippen molar-refractivity contribution in [3.8, 4) is 11.5 Å². The highest BCUT2D eigenvalue weighted by Crippen LogP contribution is 2.28. The monoisotopic (exact) mass is 317 g/mol. The number of nitrogens with one attached hydrogen (secondary N) is 1. The average molecular weight is 317 g/mol. The summed E-state index contributed by atoms with van der Waals surface area (Å²) in [5.74, 6) is 0.949. The lowest BCUT2D eigenvalue weighted by molar-refractivity contribution is -0.122. The minimum absolute atomic E-state index is 0.201. The molecule has 0 aromatic heterocycles. The molecule has 0 saturated carbocycles. The van der Waals surface area contributed by atoms with Crippen LogP contribution in [0.15, 0.2) is 53.4 Å². The minimum Gasteiger partial charge on any atom is -0.493 e. The van der Waals surface area contributed by atoms with Gasteiger partial charge in [-0.25, -0.2) is 0 Å². The molecule has 0 radical (unpaired) electrons. The first-order valence-electron chi connectivity index (χ1n) is 6.89. The average Bonchev–Trinajstić information content (AvgIpc) is 2.55. The van der Waals surface area contributed by atoms with Gasteiger partial charge in [0.25, 0.3) is 5.91 Å². The standard InChI is InChI=1S/C17H19NO3S/c1-12(21-15-10-6-5-9-14(15)20-2)17(19)18-13-8-4-7-11-16(13)22-3/h4-12H,1-3H3,(H,18,19). The summed E-state index contributed by atoms with van der Waals surface area (Å²) in [7, 11) is 1.57. The van der Waals surface area contributed by atoms with Gasteiger partial charge in [-0.3, -0.25) is 4.79 Å². The molecule has 5 heteroatoms. The van der Waals surface area contributed by atoms with Gasteiger partial charge in [0, 0.05) is 4.90 Å². The van der Waals surface area contributed by atoms with Crippen LogP contribution in [-0.2, 0) is 4.79 Å². The van der Waals surface area contributed by atoms with E-state index < -0.39 is 6.10 Å². The Morgan fingerprint density at radius 3 is 2.41 bits per heavy atom. The third-order valence-corrected chi connectivity index (χ3v) is 3.90. The number of benzene rings is 2. The molecule has 2 aromatic carbocycles. The van der Waals surface area contributed by atoms with Crippen molar-refractivity contribution in [3.63, 3.8) is 0 Å². The van der Waals surface area contributed by atoms with Gasteiger partial charge in [0.2, 0.25) is 0 Å². The van der Waals surface area contributed by atoms with Gasteiger partial charge in [0.05, 0.1) is 12.8 Å². The molecule has 0 aliphatic rings. The first-order chi connectivity index (χ1) is 10.7. The Kier molecular flexibility index (Phi) is 5.72. The fourth-order valence-electron chi connectivity index (χ4n) is 1.94. The summed E-state index contributed by atoms with van der Waals surface area (Å²) in [5.41, 5.74) is 0.787. The number of amides is 1. The van der Waals surface area contributed by atoms with E-state index in [0.717, 1.165) is 10.6 Å². The van der Waals surface area contributed by atoms with E-state index in [1.165, 1.54) is 0 Å². The molecule has 0 fully saturated rings. The maximum atomic E-state index is 12.3. The van der Waals surface area contributed by atoms with Gasteiger partial charge >= 0.3 is 0 Å². The van der Waals surface area contributed by atoms with Crippen LogP contribution in [0.4, 0.5) is 5.69 Å². The van der Waals surface area contributed by atoms with E-state index in [4.69, 9.17) is 9.47 Å². The molecule has 0 saturated heterocycles. The molecule has 0 spiro atoms. The maximum Gasteiger partial charge on any atom is 0.265 e. The molecule has 0 aliphatic carbocycles. The lowest BCUT2D eigenvalue weighted by Gasteiger charge is -2.17. The third kappa shape index (κ3) is 3.95. The van der Waals surface area contributed by atoms with Crippen molar-refractivity contribution in [3.05, 3.63) is 48.5 Å². The molecule has 0 heterocycles. The Labute approximate surface area is 134 Å². The predicted molar refractivity (Wildman–Crippen MR) is 89.9 cm³/mol. The molecule has 4 nitrogen and oxygen atoms in total. The van der Waals surface area contributed by atoms with Crippen LogP contribution in [0.2, 0.25) is 0 Å². The summed E-state index contributed by atoms with van der Waals surface area (Å²) >= 11 is 1.58. The van der Waals surface area contributed by atoms with Crippen LogP contribution in [0.5, 0.6) is 11.5 Å². The summed E-state index contributed by atoms with van der Waals surface area (Å²) in [5, 5.41) is 2.89. The summed E-state index contributed by atoms with van der Waals surface area (Å²) in [6.07, 6.45) is 1.34. The van der Waals surface area contributed by atoms with Gasteiger partial charge in [-0.2, -0.15) is 0 Å². The van der Waals surface area contributed by atoms with Gasteiger partial charge in [0.15, 0.2) is 17.6 Å². The lowest BCUT2D eigenvalue weighted by Crippen LogP contribution is -2.30. The highest BCUT2D eigenvalue weighted by Gasteiger charge is 2.17. The Hall–Kier alpha value is -2.14. The van der Waals surface area contributed by atoms with Crippen LogP contribution >= 0.6 is 11.8 Å². The van der Waals surface area contributed by atoms with E-state index in [-0.39, 0.29) is 5.91 Å². The Bertz CT molecular complexity index is 645. The summed E-state index contributed by atoms with van der Waals surface area (Å²) in [6.45, 7) is 1.71. The van der Waals surface area contributed by atoms with E-state index in [1.54, 1.807) is 37.9 Å². The molecule has 1 unspecified atom stereocenters. The quantitative estimate of drug-likeness (QED) is 0.823. The molecule has 2 rings (SSSR count). The van der Waals surface area contributed by atoms with Crippen molar-refractivity contribution in [1.82, 2.24) is 0 Å². The molecule has 0 bridgehead atoms. The van der Waals surface area contributed by atoms with Gasteiger partial charge in [0.1, 0.15) is 0 Å². The molecule has 116 valence electrons. The zero-order chi connectivity index (χ0) is 15.9. The van der Waals surface area contributed by atoms with E-state index in [2.05, 4.69) is 5.32 Å². The lowest BCUT2D eigenvalue weighted by atomic mass is 10.3. The van der Waals surface area contributed by atoms with Crippen molar-refractivity contribution in [2.75, 3.05) is 18.7 Å². The molecule has 1 amide bonds. The molecule has 0 aliphatic heterocycles. The molecular weight excluding hydrogens is 298 g/mol. The van der Waals surface area contributed by atoms with Crippen LogP contribution in [-0.4, -0.2) is 25.4 Å². The smallest absolute Gasteiger partial charge is 0.265 e. The SMILES string of the molecule is COc1ccccc1OC(C)C(=O)Nc1ccccc1SC. The summed E-state index contributed by atoms with van der Waals surface area (Å²) in [6, 6.07) is 14.9. The number of para-hydroxylation sites is 3. The number of thioether (sulfide) groups is 1. The number of rotatable bonds is 6. The van der Waals surface area contributed by atoms with Crippen molar-refractivity contribution < 1.29 is 14.3 Å². The fourth-order valence-corrected chi connectivity index (χ4v) is 2.50. The molecule has 22 heavy (non-hydrogen) atoms. The van der Waals surface area contributed by atoms with Gasteiger partial charge in [-0.05, 0) is 37.4 Å². The number of ether oxygens (including phenoxy) is 2. The zero-order valence-electron chi connectivity index (χ0n) is 12.8. The highest BCUT2D eigenvalue weighted by atomic mass is 32.2. The second-order valence-corrected chi connectivity index (χ2v) is 5.45. The van der Waals surface area contributed by atoms with Crippen molar-refractivity contribution in [2.45, 2.75) is 17.9 Å². The third-order valence-electron chi connectivity index (χ3n) is 3.11. The second kappa shape index (κ2) is 7.75. The molecule has 1 atom stereocenters. The predicted octanol–water partition coefficient (Wildman–Crippen LogP) is 3.82. The van der Waals surface area contributed by atoms with Crippen LogP contribution in [0.25, 0.3) is 0 Å². The Morgan fingerprint density at radius 1 is 1.09 bits per heavy atom. The topological polar surface area (TPSA) is 47.6 Å². The number of anilines is 1. The zero-order valence-corrected chi connectivity index (χ0v) is 13.6. The van der Waals surface area contributed by atoms with Crippen molar-refractivity contribution in [2.24, 2.45) is 0 Å². The highest BCUT2D eigenvalue weighted by molar-refractivity contribution is 7.98. The van der Waals surface area contributed by atoms with Crippen LogP contribution in [0, 0.1) is 0 Å². The summed E-state index contributed by atoms with van der Waals surface area (Å²) < 4.78 is 10.9. The number of methoxy groups -OCH3 is 1. The molecule has 1 N–H and O–H groups in total. The number of carbonyl (C=O) groups is 1. The van der Waals surface area contributed by atoms with E-state index in [1.807, 2.05) is 42.7 Å². The Balaban J connectivity index is 2.06. The molecular formula is C17H19NO3S. The number of hydrogen-bond donors (Lipinski definition) is 1. The normalized spacial score (nSPS) is 11.6. The molecule has 2 aromatic rings.